The van der Waals surface area contributed by atoms with Gasteiger partial charge in [-0.05, 0) is 24.2 Å². The maximum atomic E-state index is 13.6. The molecule has 0 aliphatic rings. The number of carbonyl (C=O) groups is 1. The number of nitrogens with zero attached hydrogens (tertiary/aromatic N) is 1. The summed E-state index contributed by atoms with van der Waals surface area (Å²) >= 11 is 0. The Hall–Kier alpha value is -2.00. The fourth-order valence-electron chi connectivity index (χ4n) is 2.10. The lowest BCUT2D eigenvalue weighted by atomic mass is 10.1. The van der Waals surface area contributed by atoms with Gasteiger partial charge in [0, 0.05) is 6.54 Å². The van der Waals surface area contributed by atoms with E-state index < -0.39 is 5.82 Å². The van der Waals surface area contributed by atoms with E-state index in [1.165, 1.54) is 12.1 Å². The van der Waals surface area contributed by atoms with Gasteiger partial charge in [-0.3, -0.25) is 9.69 Å². The standard InChI is InChI=1S/C17H18FNO/c1-2-19(12-14-8-4-3-5-9-14)13-17(20)15-10-6-7-11-16(15)18/h3-11H,2,12-13H2,1H3. The fourth-order valence-corrected chi connectivity index (χ4v) is 2.10. The van der Waals surface area contributed by atoms with Crippen LogP contribution in [0.2, 0.25) is 0 Å². The molecule has 0 amide bonds. The van der Waals surface area contributed by atoms with Gasteiger partial charge in [0.2, 0.25) is 0 Å². The third-order valence-electron chi connectivity index (χ3n) is 3.24. The number of ketones is 1. The van der Waals surface area contributed by atoms with Crippen LogP contribution in [-0.2, 0) is 6.54 Å². The van der Waals surface area contributed by atoms with Crippen LogP contribution in [0.5, 0.6) is 0 Å². The van der Waals surface area contributed by atoms with Crippen molar-refractivity contribution in [2.45, 2.75) is 13.5 Å². The highest BCUT2D eigenvalue weighted by molar-refractivity contribution is 5.97. The second kappa shape index (κ2) is 6.96. The highest BCUT2D eigenvalue weighted by atomic mass is 19.1. The average molecular weight is 271 g/mol. The SMILES string of the molecule is CCN(CC(=O)c1ccccc1F)Cc1ccccc1. The molecule has 0 saturated carbocycles. The van der Waals surface area contributed by atoms with Crippen LogP contribution < -0.4 is 0 Å². The largest absolute Gasteiger partial charge is 0.293 e. The lowest BCUT2D eigenvalue weighted by Crippen LogP contribution is -2.29. The molecular formula is C17H18FNO. The molecule has 2 rings (SSSR count). The van der Waals surface area contributed by atoms with Gasteiger partial charge in [-0.25, -0.2) is 4.39 Å². The Balaban J connectivity index is 2.03. The first-order valence-electron chi connectivity index (χ1n) is 6.74. The van der Waals surface area contributed by atoms with E-state index >= 15 is 0 Å². The Kier molecular flexibility index (Phi) is 5.02. The van der Waals surface area contributed by atoms with Gasteiger partial charge in [0.1, 0.15) is 5.82 Å². The molecule has 0 radical (unpaired) electrons. The first-order chi connectivity index (χ1) is 9.70. The summed E-state index contributed by atoms with van der Waals surface area (Å²) in [4.78, 5) is 14.1. The van der Waals surface area contributed by atoms with Crippen molar-refractivity contribution in [2.24, 2.45) is 0 Å². The van der Waals surface area contributed by atoms with E-state index in [-0.39, 0.29) is 17.9 Å². The lowest BCUT2D eigenvalue weighted by molar-refractivity contribution is 0.0925. The number of benzene rings is 2. The molecular weight excluding hydrogens is 253 g/mol. The molecule has 0 aliphatic heterocycles. The van der Waals surface area contributed by atoms with E-state index in [4.69, 9.17) is 0 Å². The summed E-state index contributed by atoms with van der Waals surface area (Å²) in [6, 6.07) is 16.1. The zero-order valence-electron chi connectivity index (χ0n) is 11.6. The molecule has 2 aromatic rings. The molecule has 0 heterocycles. The van der Waals surface area contributed by atoms with E-state index in [1.807, 2.05) is 42.2 Å². The van der Waals surface area contributed by atoms with Crippen LogP contribution in [0.3, 0.4) is 0 Å². The zero-order valence-corrected chi connectivity index (χ0v) is 11.6. The Bertz CT molecular complexity index is 568. The predicted octanol–water partition coefficient (Wildman–Crippen LogP) is 3.53. The first kappa shape index (κ1) is 14.4. The quantitative estimate of drug-likeness (QED) is 0.749. The van der Waals surface area contributed by atoms with Crippen molar-refractivity contribution in [1.29, 1.82) is 0 Å². The number of likely N-dealkylation sites (N-methyl/N-ethyl adjacent to an activating group) is 1. The number of rotatable bonds is 6. The third-order valence-corrected chi connectivity index (χ3v) is 3.24. The minimum absolute atomic E-state index is 0.166. The first-order valence-corrected chi connectivity index (χ1v) is 6.74. The highest BCUT2D eigenvalue weighted by Crippen LogP contribution is 2.10. The zero-order chi connectivity index (χ0) is 14.4. The minimum atomic E-state index is -0.451. The number of hydrogen-bond donors (Lipinski definition) is 0. The van der Waals surface area contributed by atoms with Gasteiger partial charge in [0.05, 0.1) is 12.1 Å². The van der Waals surface area contributed by atoms with Crippen molar-refractivity contribution in [3.8, 4) is 0 Å². The van der Waals surface area contributed by atoms with Crippen molar-refractivity contribution in [3.63, 3.8) is 0 Å². The van der Waals surface area contributed by atoms with Gasteiger partial charge in [-0.2, -0.15) is 0 Å². The van der Waals surface area contributed by atoms with E-state index in [2.05, 4.69) is 0 Å². The molecule has 0 spiro atoms. The molecule has 0 N–H and O–H groups in total. The molecule has 104 valence electrons. The summed E-state index contributed by atoms with van der Waals surface area (Å²) < 4.78 is 13.6. The van der Waals surface area contributed by atoms with Crippen LogP contribution in [0.25, 0.3) is 0 Å². The highest BCUT2D eigenvalue weighted by Gasteiger charge is 2.14. The maximum absolute atomic E-state index is 13.6. The smallest absolute Gasteiger partial charge is 0.179 e. The normalized spacial score (nSPS) is 10.8. The molecule has 0 bridgehead atoms. The van der Waals surface area contributed by atoms with Gasteiger partial charge in [-0.15, -0.1) is 0 Å². The summed E-state index contributed by atoms with van der Waals surface area (Å²) in [6.45, 7) is 3.66. The van der Waals surface area contributed by atoms with Crippen LogP contribution in [0.4, 0.5) is 4.39 Å². The number of halogens is 1. The third kappa shape index (κ3) is 3.75. The van der Waals surface area contributed by atoms with Crippen molar-refractivity contribution in [2.75, 3.05) is 13.1 Å². The van der Waals surface area contributed by atoms with Gasteiger partial charge < -0.3 is 0 Å². The van der Waals surface area contributed by atoms with Gasteiger partial charge in [0.25, 0.3) is 0 Å². The molecule has 0 unspecified atom stereocenters. The van der Waals surface area contributed by atoms with Crippen LogP contribution in [0.1, 0.15) is 22.8 Å². The summed E-state index contributed by atoms with van der Waals surface area (Å²) in [5.41, 5.74) is 1.31. The number of hydrogen-bond acceptors (Lipinski definition) is 2. The second-order valence-corrected chi connectivity index (χ2v) is 4.69. The molecule has 0 aliphatic carbocycles. The van der Waals surface area contributed by atoms with Crippen LogP contribution in [-0.4, -0.2) is 23.8 Å². The summed E-state index contributed by atoms with van der Waals surface area (Å²) in [5.74, 6) is -0.630. The monoisotopic (exact) mass is 271 g/mol. The number of carbonyl (C=O) groups excluding carboxylic acids is 1. The second-order valence-electron chi connectivity index (χ2n) is 4.69. The molecule has 3 heteroatoms. The molecule has 2 nitrogen and oxygen atoms in total. The average Bonchev–Trinajstić information content (AvgIpc) is 2.48. The summed E-state index contributed by atoms with van der Waals surface area (Å²) in [7, 11) is 0. The summed E-state index contributed by atoms with van der Waals surface area (Å²) in [6.07, 6.45) is 0. The predicted molar refractivity (Wildman–Crippen MR) is 78.1 cm³/mol. The topological polar surface area (TPSA) is 20.3 Å². The number of Topliss-reactive ketones (excluding diaryl/α,β-unsaturated/α-hetero) is 1. The van der Waals surface area contributed by atoms with E-state index in [0.29, 0.717) is 6.54 Å². The minimum Gasteiger partial charge on any atom is -0.293 e. The Morgan fingerprint density at radius 3 is 2.35 bits per heavy atom. The van der Waals surface area contributed by atoms with Gasteiger partial charge in [0.15, 0.2) is 5.78 Å². The molecule has 0 atom stereocenters. The maximum Gasteiger partial charge on any atom is 0.179 e. The molecule has 0 aromatic heterocycles. The van der Waals surface area contributed by atoms with Crippen LogP contribution >= 0.6 is 0 Å². The Labute approximate surface area is 118 Å². The Morgan fingerprint density at radius 1 is 1.05 bits per heavy atom. The van der Waals surface area contributed by atoms with Crippen molar-refractivity contribution >= 4 is 5.78 Å². The molecule has 0 saturated heterocycles. The van der Waals surface area contributed by atoms with Crippen LogP contribution in [0, 0.1) is 5.82 Å². The molecule has 0 fully saturated rings. The molecule has 20 heavy (non-hydrogen) atoms. The van der Waals surface area contributed by atoms with Crippen molar-refractivity contribution < 1.29 is 9.18 Å². The van der Waals surface area contributed by atoms with E-state index in [9.17, 15) is 9.18 Å². The van der Waals surface area contributed by atoms with E-state index in [1.54, 1.807) is 12.1 Å². The van der Waals surface area contributed by atoms with E-state index in [0.717, 1.165) is 12.1 Å². The lowest BCUT2D eigenvalue weighted by Gasteiger charge is -2.19. The van der Waals surface area contributed by atoms with Gasteiger partial charge in [-0.1, -0.05) is 49.4 Å². The van der Waals surface area contributed by atoms with Crippen molar-refractivity contribution in [1.82, 2.24) is 4.90 Å². The summed E-state index contributed by atoms with van der Waals surface area (Å²) in [5, 5.41) is 0. The molecule has 2 aromatic carbocycles. The van der Waals surface area contributed by atoms with Crippen LogP contribution in [0.15, 0.2) is 54.6 Å². The Morgan fingerprint density at radius 2 is 1.70 bits per heavy atom. The fraction of sp³-hybridized carbons (Fsp3) is 0.235. The van der Waals surface area contributed by atoms with Gasteiger partial charge >= 0.3 is 0 Å². The van der Waals surface area contributed by atoms with Crippen molar-refractivity contribution in [3.05, 3.63) is 71.5 Å².